The van der Waals surface area contributed by atoms with Gasteiger partial charge in [-0.1, -0.05) is 42.0 Å². The molecule has 0 unspecified atom stereocenters. The molecule has 3 heterocycles. The molecule has 2 aromatic carbocycles. The molecule has 0 spiro atoms. The first-order valence-corrected chi connectivity index (χ1v) is 11.5. The molecule has 1 saturated heterocycles. The lowest BCUT2D eigenvalue weighted by Gasteiger charge is -2.29. The Morgan fingerprint density at radius 2 is 1.72 bits per heavy atom. The molecule has 1 N–H and O–H groups in total. The van der Waals surface area contributed by atoms with Crippen LogP contribution in [0.3, 0.4) is 0 Å². The Kier molecular flexibility index (Phi) is 5.33. The number of nitrogens with one attached hydrogen (secondary N) is 1. The van der Waals surface area contributed by atoms with Crippen molar-refractivity contribution in [2.45, 2.75) is 39.5 Å². The van der Waals surface area contributed by atoms with Crippen LogP contribution in [0.25, 0.3) is 16.5 Å². The average Bonchev–Trinajstić information content (AvgIpc) is 3.31. The number of rotatable bonds is 5. The Balaban J connectivity index is 1.48. The van der Waals surface area contributed by atoms with Gasteiger partial charge in [-0.15, -0.1) is 0 Å². The number of imide groups is 1. The summed E-state index contributed by atoms with van der Waals surface area (Å²) in [6, 6.07) is 14.2. The number of aromatic nitrogens is 1. The van der Waals surface area contributed by atoms with Gasteiger partial charge in [0.15, 0.2) is 0 Å². The van der Waals surface area contributed by atoms with E-state index in [2.05, 4.69) is 22.0 Å². The summed E-state index contributed by atoms with van der Waals surface area (Å²) in [6.07, 6.45) is 5.91. The highest BCUT2D eigenvalue weighted by Gasteiger charge is 2.41. The van der Waals surface area contributed by atoms with Crippen molar-refractivity contribution in [2.75, 3.05) is 19.6 Å². The highest BCUT2D eigenvalue weighted by atomic mass is 16.2. The van der Waals surface area contributed by atoms with Gasteiger partial charge in [0.1, 0.15) is 5.70 Å². The quantitative estimate of drug-likeness (QED) is 0.606. The Labute approximate surface area is 188 Å². The van der Waals surface area contributed by atoms with Gasteiger partial charge in [0, 0.05) is 36.7 Å². The molecule has 1 fully saturated rings. The number of benzene rings is 2. The van der Waals surface area contributed by atoms with Crippen LogP contribution in [0, 0.1) is 13.8 Å². The molecular formula is C27H29N3O2. The van der Waals surface area contributed by atoms with Crippen LogP contribution in [0.2, 0.25) is 0 Å². The lowest BCUT2D eigenvalue weighted by atomic mass is 9.97. The fourth-order valence-corrected chi connectivity index (χ4v) is 5.08. The molecule has 1 aromatic heterocycles. The summed E-state index contributed by atoms with van der Waals surface area (Å²) in [6.45, 7) is 6.12. The number of piperidine rings is 1. The number of aromatic amines is 1. The number of nitrogens with zero attached hydrogens (tertiary/aromatic N) is 2. The second kappa shape index (κ2) is 8.30. The van der Waals surface area contributed by atoms with E-state index in [1.54, 1.807) is 0 Å². The molecular weight excluding hydrogens is 398 g/mol. The zero-order valence-corrected chi connectivity index (χ0v) is 18.8. The smallest absolute Gasteiger partial charge is 0.277 e. The third kappa shape index (κ3) is 3.52. The number of fused-ring (bicyclic) bond motifs is 1. The van der Waals surface area contributed by atoms with Gasteiger partial charge in [0.2, 0.25) is 0 Å². The van der Waals surface area contributed by atoms with Crippen LogP contribution in [-0.2, 0) is 16.0 Å². The maximum absolute atomic E-state index is 13.6. The largest absolute Gasteiger partial charge is 0.366 e. The van der Waals surface area contributed by atoms with Gasteiger partial charge >= 0.3 is 0 Å². The van der Waals surface area contributed by atoms with Crippen LogP contribution in [0.5, 0.6) is 0 Å². The van der Waals surface area contributed by atoms with E-state index in [4.69, 9.17) is 0 Å². The monoisotopic (exact) mass is 427 g/mol. The summed E-state index contributed by atoms with van der Waals surface area (Å²) < 4.78 is 0. The molecule has 3 aromatic rings. The van der Waals surface area contributed by atoms with E-state index in [0.29, 0.717) is 24.2 Å². The fraction of sp³-hybridized carbons (Fsp3) is 0.333. The number of carbonyl (C=O) groups is 2. The molecule has 164 valence electrons. The normalized spacial score (nSPS) is 17.2. The van der Waals surface area contributed by atoms with E-state index >= 15 is 0 Å². The Hall–Kier alpha value is -3.34. The number of aryl methyl sites for hydroxylation is 2. The van der Waals surface area contributed by atoms with Gasteiger partial charge < -0.3 is 9.88 Å². The predicted octanol–water partition coefficient (Wildman–Crippen LogP) is 4.59. The molecule has 0 aliphatic carbocycles. The summed E-state index contributed by atoms with van der Waals surface area (Å²) in [4.78, 5) is 34.1. The van der Waals surface area contributed by atoms with Crippen molar-refractivity contribution in [1.82, 2.24) is 14.8 Å². The zero-order valence-electron chi connectivity index (χ0n) is 18.8. The second-order valence-corrected chi connectivity index (χ2v) is 8.96. The number of amides is 2. The third-order valence-corrected chi connectivity index (χ3v) is 6.75. The Morgan fingerprint density at radius 1 is 0.938 bits per heavy atom. The number of hydrogen-bond donors (Lipinski definition) is 1. The first-order chi connectivity index (χ1) is 15.5. The van der Waals surface area contributed by atoms with Crippen molar-refractivity contribution in [2.24, 2.45) is 0 Å². The standard InChI is InChI=1S/C27H29N3O2/c1-18-10-11-21(19(2)16-18)24-25(29-13-6-3-7-14-29)27(32)30(26(24)31)15-12-20-17-28-23-9-5-4-8-22(20)23/h4-5,8-11,16-17,28H,3,6-7,12-15H2,1-2H3. The van der Waals surface area contributed by atoms with Crippen LogP contribution in [-0.4, -0.2) is 46.2 Å². The van der Waals surface area contributed by atoms with Gasteiger partial charge in [-0.2, -0.15) is 0 Å². The summed E-state index contributed by atoms with van der Waals surface area (Å²) in [7, 11) is 0. The number of para-hydroxylation sites is 1. The van der Waals surface area contributed by atoms with Crippen molar-refractivity contribution in [3.8, 4) is 0 Å². The number of carbonyl (C=O) groups excluding carboxylic acids is 2. The highest BCUT2D eigenvalue weighted by Crippen LogP contribution is 2.35. The van der Waals surface area contributed by atoms with Gasteiger partial charge in [-0.3, -0.25) is 14.5 Å². The maximum atomic E-state index is 13.6. The van der Waals surface area contributed by atoms with E-state index in [9.17, 15) is 9.59 Å². The van der Waals surface area contributed by atoms with Crippen LogP contribution < -0.4 is 0 Å². The summed E-state index contributed by atoms with van der Waals surface area (Å²) >= 11 is 0. The van der Waals surface area contributed by atoms with Crippen LogP contribution in [0.1, 0.15) is 41.5 Å². The Bertz CT molecular complexity index is 1230. The van der Waals surface area contributed by atoms with Crippen molar-refractivity contribution < 1.29 is 9.59 Å². The predicted molar refractivity (Wildman–Crippen MR) is 127 cm³/mol. The summed E-state index contributed by atoms with van der Waals surface area (Å²) in [5, 5.41) is 1.14. The zero-order chi connectivity index (χ0) is 22.2. The highest BCUT2D eigenvalue weighted by molar-refractivity contribution is 6.35. The fourth-order valence-electron chi connectivity index (χ4n) is 5.08. The molecule has 5 nitrogen and oxygen atoms in total. The first kappa shape index (κ1) is 20.6. The topological polar surface area (TPSA) is 56.4 Å². The first-order valence-electron chi connectivity index (χ1n) is 11.5. The minimum atomic E-state index is -0.164. The number of likely N-dealkylation sites (tertiary alicyclic amines) is 1. The Morgan fingerprint density at radius 3 is 2.50 bits per heavy atom. The van der Waals surface area contributed by atoms with Crippen LogP contribution >= 0.6 is 0 Å². The molecule has 2 aliphatic heterocycles. The minimum absolute atomic E-state index is 0.147. The maximum Gasteiger partial charge on any atom is 0.277 e. The molecule has 0 saturated carbocycles. The molecule has 2 aliphatic rings. The van der Waals surface area contributed by atoms with E-state index in [1.165, 1.54) is 11.3 Å². The lowest BCUT2D eigenvalue weighted by Crippen LogP contribution is -2.38. The molecule has 0 atom stereocenters. The second-order valence-electron chi connectivity index (χ2n) is 8.96. The molecule has 32 heavy (non-hydrogen) atoms. The van der Waals surface area contributed by atoms with E-state index in [-0.39, 0.29) is 11.8 Å². The summed E-state index contributed by atoms with van der Waals surface area (Å²) in [5.41, 5.74) is 6.44. The lowest BCUT2D eigenvalue weighted by molar-refractivity contribution is -0.137. The van der Waals surface area contributed by atoms with Crippen molar-refractivity contribution in [1.29, 1.82) is 0 Å². The third-order valence-electron chi connectivity index (χ3n) is 6.75. The molecule has 0 bridgehead atoms. The SMILES string of the molecule is Cc1ccc(C2=C(N3CCCCC3)C(=O)N(CCc3c[nH]c4ccccc34)C2=O)c(C)c1. The van der Waals surface area contributed by atoms with Crippen molar-refractivity contribution >= 4 is 28.3 Å². The van der Waals surface area contributed by atoms with Gasteiger partial charge in [0.25, 0.3) is 11.8 Å². The van der Waals surface area contributed by atoms with Gasteiger partial charge in [-0.05, 0) is 62.3 Å². The molecule has 5 heteroatoms. The summed E-state index contributed by atoms with van der Waals surface area (Å²) in [5.74, 6) is -0.311. The van der Waals surface area contributed by atoms with E-state index in [0.717, 1.165) is 59.1 Å². The van der Waals surface area contributed by atoms with E-state index < -0.39 is 0 Å². The van der Waals surface area contributed by atoms with Crippen molar-refractivity contribution in [3.05, 3.63) is 76.6 Å². The number of hydrogen-bond acceptors (Lipinski definition) is 3. The molecule has 2 amide bonds. The van der Waals surface area contributed by atoms with E-state index in [1.807, 2.05) is 50.4 Å². The average molecular weight is 428 g/mol. The van der Waals surface area contributed by atoms with Crippen molar-refractivity contribution in [3.63, 3.8) is 0 Å². The van der Waals surface area contributed by atoms with Crippen LogP contribution in [0.15, 0.2) is 54.4 Å². The van der Waals surface area contributed by atoms with Gasteiger partial charge in [0.05, 0.1) is 5.57 Å². The number of H-pyrrole nitrogens is 1. The van der Waals surface area contributed by atoms with Crippen LogP contribution in [0.4, 0.5) is 0 Å². The van der Waals surface area contributed by atoms with Gasteiger partial charge in [-0.25, -0.2) is 0 Å². The minimum Gasteiger partial charge on any atom is -0.366 e. The molecule has 0 radical (unpaired) electrons. The molecule has 5 rings (SSSR count).